The summed E-state index contributed by atoms with van der Waals surface area (Å²) >= 11 is 3.14. The second kappa shape index (κ2) is 5.50. The van der Waals surface area contributed by atoms with Crippen LogP contribution in [0.5, 0.6) is 0 Å². The molecule has 0 radical (unpaired) electrons. The molecular weight excluding hydrogens is 270 g/mol. The molecule has 0 saturated carbocycles. The van der Waals surface area contributed by atoms with Crippen molar-refractivity contribution in [3.63, 3.8) is 0 Å². The molecule has 0 rings (SSSR count). The molecular formula is C10H22BrNSi2. The Bertz CT molecular complexity index is 215. The van der Waals surface area contributed by atoms with Gasteiger partial charge in [0.2, 0.25) is 0 Å². The molecule has 0 unspecified atom stereocenters. The van der Waals surface area contributed by atoms with Gasteiger partial charge in [0, 0.05) is 22.4 Å². The molecule has 0 amide bonds. The number of hydrogen-bond donors (Lipinski definition) is 0. The summed E-state index contributed by atoms with van der Waals surface area (Å²) in [5, 5.41) is 0. The van der Waals surface area contributed by atoms with Crippen LogP contribution >= 0.6 is 15.9 Å². The van der Waals surface area contributed by atoms with Crippen molar-refractivity contribution in [2.75, 3.05) is 6.54 Å². The Labute approximate surface area is 99.6 Å². The second-order valence-corrected chi connectivity index (χ2v) is 16.1. The van der Waals surface area contributed by atoms with Crippen molar-refractivity contribution in [2.24, 2.45) is 0 Å². The molecule has 0 N–H and O–H groups in total. The van der Waals surface area contributed by atoms with Crippen LogP contribution in [0, 0.1) is 10.8 Å². The van der Waals surface area contributed by atoms with E-state index in [-0.39, 0.29) is 0 Å². The minimum Gasteiger partial charge on any atom is -0.345 e. The molecule has 0 heterocycles. The van der Waals surface area contributed by atoms with Gasteiger partial charge in [0.25, 0.3) is 0 Å². The minimum absolute atomic E-state index is 0.986. The standard InChI is InChI=1S/C10H22BrNSi2/c1-13(2,3)12(14(4,5)6)10-8-7-9-11/h8,10H2,1-6H3. The molecule has 0 aliphatic rings. The summed E-state index contributed by atoms with van der Waals surface area (Å²) in [6, 6.07) is 0. The van der Waals surface area contributed by atoms with Crippen molar-refractivity contribution in [3.05, 3.63) is 0 Å². The highest BCUT2D eigenvalue weighted by Crippen LogP contribution is 2.19. The monoisotopic (exact) mass is 291 g/mol. The van der Waals surface area contributed by atoms with Crippen molar-refractivity contribution in [2.45, 2.75) is 45.7 Å². The molecule has 0 aromatic carbocycles. The summed E-state index contributed by atoms with van der Waals surface area (Å²) in [5.74, 6) is 3.09. The average Bonchev–Trinajstić information content (AvgIpc) is 1.92. The third-order valence-electron chi connectivity index (χ3n) is 2.15. The van der Waals surface area contributed by atoms with Crippen molar-refractivity contribution >= 4 is 32.4 Å². The van der Waals surface area contributed by atoms with Crippen molar-refractivity contribution in [1.82, 2.24) is 4.23 Å². The van der Waals surface area contributed by atoms with Gasteiger partial charge in [-0.05, 0) is 11.4 Å². The lowest BCUT2D eigenvalue weighted by atomic mass is 10.5. The lowest BCUT2D eigenvalue weighted by Gasteiger charge is -2.43. The molecule has 0 saturated heterocycles. The molecule has 4 heteroatoms. The van der Waals surface area contributed by atoms with Gasteiger partial charge < -0.3 is 4.23 Å². The molecule has 82 valence electrons. The Kier molecular flexibility index (Phi) is 5.67. The maximum Gasteiger partial charge on any atom is 0.112 e. The van der Waals surface area contributed by atoms with Gasteiger partial charge in [-0.15, -0.1) is 0 Å². The largest absolute Gasteiger partial charge is 0.345 e. The minimum atomic E-state index is -1.16. The number of halogens is 1. The predicted molar refractivity (Wildman–Crippen MR) is 74.7 cm³/mol. The number of rotatable bonds is 4. The van der Waals surface area contributed by atoms with Gasteiger partial charge in [-0.3, -0.25) is 0 Å². The van der Waals surface area contributed by atoms with E-state index >= 15 is 0 Å². The Morgan fingerprint density at radius 2 is 1.43 bits per heavy atom. The number of hydrogen-bond acceptors (Lipinski definition) is 1. The van der Waals surface area contributed by atoms with E-state index in [9.17, 15) is 0 Å². The summed E-state index contributed by atoms with van der Waals surface area (Å²) in [6.07, 6.45) is 0.986. The van der Waals surface area contributed by atoms with Gasteiger partial charge in [0.05, 0.1) is 0 Å². The third-order valence-corrected chi connectivity index (χ3v) is 10.1. The van der Waals surface area contributed by atoms with Gasteiger partial charge in [0.1, 0.15) is 16.5 Å². The Hall–Kier alpha value is 0.434. The van der Waals surface area contributed by atoms with Gasteiger partial charge >= 0.3 is 0 Å². The first kappa shape index (κ1) is 14.4. The molecule has 0 atom stereocenters. The van der Waals surface area contributed by atoms with Crippen molar-refractivity contribution in [3.8, 4) is 10.8 Å². The van der Waals surface area contributed by atoms with Gasteiger partial charge in [-0.2, -0.15) is 0 Å². The van der Waals surface area contributed by atoms with Gasteiger partial charge in [-0.25, -0.2) is 0 Å². The average molecular weight is 292 g/mol. The maximum absolute atomic E-state index is 3.14. The lowest BCUT2D eigenvalue weighted by Crippen LogP contribution is -2.59. The van der Waals surface area contributed by atoms with E-state index in [1.807, 2.05) is 0 Å². The van der Waals surface area contributed by atoms with Crippen LogP contribution in [-0.2, 0) is 0 Å². The number of nitrogens with zero attached hydrogens (tertiary/aromatic N) is 1. The molecule has 0 spiro atoms. The highest BCUT2D eigenvalue weighted by atomic mass is 79.9. The smallest absolute Gasteiger partial charge is 0.112 e. The zero-order valence-corrected chi connectivity index (χ0v) is 13.8. The van der Waals surface area contributed by atoms with E-state index < -0.39 is 16.5 Å². The van der Waals surface area contributed by atoms with E-state index in [1.165, 1.54) is 0 Å². The second-order valence-electron chi connectivity index (χ2n) is 5.51. The topological polar surface area (TPSA) is 3.24 Å². The van der Waals surface area contributed by atoms with Crippen LogP contribution in [0.3, 0.4) is 0 Å². The SMILES string of the molecule is C[Si](C)(C)N(CCC#CBr)[Si](C)(C)C. The molecule has 0 aromatic heterocycles. The first-order chi connectivity index (χ1) is 6.19. The van der Waals surface area contributed by atoms with E-state index in [0.29, 0.717) is 0 Å². The molecule has 0 aromatic rings. The van der Waals surface area contributed by atoms with Crippen LogP contribution in [0.2, 0.25) is 39.3 Å². The van der Waals surface area contributed by atoms with Crippen molar-refractivity contribution < 1.29 is 0 Å². The first-order valence-corrected chi connectivity index (χ1v) is 12.7. The fraction of sp³-hybridized carbons (Fsp3) is 0.800. The fourth-order valence-corrected chi connectivity index (χ4v) is 11.7. The van der Waals surface area contributed by atoms with Crippen LogP contribution in [0.15, 0.2) is 0 Å². The van der Waals surface area contributed by atoms with Crippen LogP contribution in [0.25, 0.3) is 0 Å². The summed E-state index contributed by atoms with van der Waals surface area (Å²) in [4.78, 5) is 2.79. The molecule has 0 fully saturated rings. The Balaban J connectivity index is 4.48. The molecule has 0 aliphatic carbocycles. The van der Waals surface area contributed by atoms with E-state index in [0.717, 1.165) is 13.0 Å². The fourth-order valence-electron chi connectivity index (χ4n) is 1.89. The van der Waals surface area contributed by atoms with Crippen LogP contribution in [0.1, 0.15) is 6.42 Å². The molecule has 14 heavy (non-hydrogen) atoms. The maximum atomic E-state index is 3.14. The van der Waals surface area contributed by atoms with Crippen molar-refractivity contribution in [1.29, 1.82) is 0 Å². The van der Waals surface area contributed by atoms with E-state index in [2.05, 4.69) is 70.2 Å². The quantitative estimate of drug-likeness (QED) is 0.564. The highest BCUT2D eigenvalue weighted by molar-refractivity contribution is 9.12. The van der Waals surface area contributed by atoms with Crippen LogP contribution in [-0.4, -0.2) is 27.2 Å². The van der Waals surface area contributed by atoms with E-state index in [1.54, 1.807) is 0 Å². The lowest BCUT2D eigenvalue weighted by molar-refractivity contribution is 0.625. The van der Waals surface area contributed by atoms with Crippen LogP contribution in [0.4, 0.5) is 0 Å². The zero-order chi connectivity index (χ0) is 11.4. The summed E-state index contributed by atoms with van der Waals surface area (Å²) in [5.41, 5.74) is 0. The van der Waals surface area contributed by atoms with E-state index in [4.69, 9.17) is 0 Å². The molecule has 0 bridgehead atoms. The summed E-state index contributed by atoms with van der Waals surface area (Å²) < 4.78 is 2.76. The summed E-state index contributed by atoms with van der Waals surface area (Å²) in [7, 11) is -2.32. The summed E-state index contributed by atoms with van der Waals surface area (Å²) in [6.45, 7) is 15.7. The molecule has 1 nitrogen and oxygen atoms in total. The van der Waals surface area contributed by atoms with Gasteiger partial charge in [0.15, 0.2) is 0 Å². The third kappa shape index (κ3) is 5.35. The Morgan fingerprint density at radius 3 is 1.71 bits per heavy atom. The first-order valence-electron chi connectivity index (χ1n) is 5.06. The highest BCUT2D eigenvalue weighted by Gasteiger charge is 2.33. The predicted octanol–water partition coefficient (Wildman–Crippen LogP) is 3.70. The zero-order valence-electron chi connectivity index (χ0n) is 10.2. The molecule has 0 aliphatic heterocycles. The Morgan fingerprint density at radius 1 is 1.00 bits per heavy atom. The normalized spacial score (nSPS) is 12.6. The van der Waals surface area contributed by atoms with Crippen LogP contribution < -0.4 is 0 Å². The van der Waals surface area contributed by atoms with Gasteiger partial charge in [-0.1, -0.05) is 45.2 Å².